The first-order valence-corrected chi connectivity index (χ1v) is 6.13. The lowest BCUT2D eigenvalue weighted by atomic mass is 10.1. The van der Waals surface area contributed by atoms with E-state index in [1.54, 1.807) is 12.1 Å². The average molecular weight is 243 g/mol. The fraction of sp³-hybridized carbons (Fsp3) is 0.267. The Hall–Kier alpha value is -2.03. The molecule has 0 aliphatic heterocycles. The number of nitrogens with zero attached hydrogens (tertiary/aromatic N) is 1. The first kappa shape index (κ1) is 12.4. The van der Waals surface area contributed by atoms with Crippen LogP contribution in [0.5, 0.6) is 5.75 Å². The fourth-order valence-corrected chi connectivity index (χ4v) is 1.62. The van der Waals surface area contributed by atoms with Gasteiger partial charge in [0, 0.05) is 17.5 Å². The summed E-state index contributed by atoms with van der Waals surface area (Å²) in [6.07, 6.45) is 4.67. The molecule has 1 atom stereocenters. The van der Waals surface area contributed by atoms with Gasteiger partial charge in [-0.05, 0) is 24.6 Å². The zero-order chi connectivity index (χ0) is 13.0. The van der Waals surface area contributed by atoms with Gasteiger partial charge in [-0.15, -0.1) is 0 Å². The molecule has 0 spiro atoms. The van der Waals surface area contributed by atoms with Crippen LogP contribution in [-0.2, 0) is 0 Å². The van der Waals surface area contributed by atoms with Crippen LogP contribution in [-0.4, -0.2) is 10.3 Å². The predicted molar refractivity (Wildman–Crippen MR) is 72.2 cm³/mol. The highest BCUT2D eigenvalue weighted by Crippen LogP contribution is 2.21. The topological polar surface area (TPSA) is 46.3 Å². The van der Waals surface area contributed by atoms with Crippen molar-refractivity contribution in [2.75, 3.05) is 0 Å². The molecule has 18 heavy (non-hydrogen) atoms. The van der Waals surface area contributed by atoms with E-state index in [2.05, 4.69) is 19.0 Å². The molecule has 0 aliphatic rings. The van der Waals surface area contributed by atoms with Crippen molar-refractivity contribution in [1.82, 2.24) is 5.16 Å². The van der Waals surface area contributed by atoms with Gasteiger partial charge >= 0.3 is 0 Å². The minimum absolute atomic E-state index is 0.260. The second kappa shape index (κ2) is 5.54. The summed E-state index contributed by atoms with van der Waals surface area (Å²) in [7, 11) is 0. The Morgan fingerprint density at radius 3 is 2.83 bits per heavy atom. The molecule has 0 bridgehead atoms. The molecule has 0 amide bonds. The smallest absolute Gasteiger partial charge is 0.159 e. The molecule has 0 radical (unpaired) electrons. The Labute approximate surface area is 107 Å². The minimum atomic E-state index is 0.260. The lowest BCUT2D eigenvalue weighted by molar-refractivity contribution is 0.399. The molecule has 2 aromatic rings. The number of aromatic nitrogens is 1. The van der Waals surface area contributed by atoms with Gasteiger partial charge in [0.1, 0.15) is 5.75 Å². The fourth-order valence-electron chi connectivity index (χ4n) is 1.62. The quantitative estimate of drug-likeness (QED) is 0.880. The summed E-state index contributed by atoms with van der Waals surface area (Å²) in [4.78, 5) is 0. The standard InChI is InChI=1S/C15H17NO2/c1-3-11(2)14-10-13(18-16-14)9-8-12-6-4-5-7-15(12)17/h4-11,17H,3H2,1-2H3/b9-8+. The Balaban J connectivity index is 2.15. The molecular weight excluding hydrogens is 226 g/mol. The van der Waals surface area contributed by atoms with E-state index < -0.39 is 0 Å². The molecule has 0 saturated carbocycles. The summed E-state index contributed by atoms with van der Waals surface area (Å²) in [6, 6.07) is 9.11. The third kappa shape index (κ3) is 2.80. The van der Waals surface area contributed by atoms with E-state index in [9.17, 15) is 5.11 Å². The van der Waals surface area contributed by atoms with Crippen molar-refractivity contribution >= 4 is 12.2 Å². The Morgan fingerprint density at radius 1 is 1.33 bits per heavy atom. The van der Waals surface area contributed by atoms with Crippen LogP contribution in [0, 0.1) is 0 Å². The number of benzene rings is 1. The maximum Gasteiger partial charge on any atom is 0.159 e. The molecule has 3 nitrogen and oxygen atoms in total. The maximum absolute atomic E-state index is 9.62. The zero-order valence-corrected chi connectivity index (χ0v) is 10.6. The summed E-state index contributed by atoms with van der Waals surface area (Å²) < 4.78 is 5.23. The molecule has 1 unspecified atom stereocenters. The van der Waals surface area contributed by atoms with Crippen LogP contribution in [0.1, 0.15) is 43.2 Å². The normalized spacial score (nSPS) is 13.0. The number of phenolic OH excluding ortho intramolecular Hbond substituents is 1. The second-order valence-corrected chi connectivity index (χ2v) is 4.36. The predicted octanol–water partition coefficient (Wildman–Crippen LogP) is 4.06. The Bertz CT molecular complexity index is 543. The molecule has 3 heteroatoms. The van der Waals surface area contributed by atoms with E-state index >= 15 is 0 Å². The molecule has 94 valence electrons. The number of para-hydroxylation sites is 1. The minimum Gasteiger partial charge on any atom is -0.507 e. The van der Waals surface area contributed by atoms with E-state index in [4.69, 9.17) is 4.52 Å². The molecule has 0 saturated heterocycles. The Kier molecular flexibility index (Phi) is 3.82. The van der Waals surface area contributed by atoms with Gasteiger partial charge in [0.15, 0.2) is 5.76 Å². The number of hydrogen-bond acceptors (Lipinski definition) is 3. The van der Waals surface area contributed by atoms with Crippen molar-refractivity contribution in [1.29, 1.82) is 0 Å². The van der Waals surface area contributed by atoms with Gasteiger partial charge in [-0.1, -0.05) is 37.2 Å². The summed E-state index contributed by atoms with van der Waals surface area (Å²) in [6.45, 7) is 4.24. The third-order valence-corrected chi connectivity index (χ3v) is 3.03. The van der Waals surface area contributed by atoms with Crippen molar-refractivity contribution in [3.05, 3.63) is 47.3 Å². The highest BCUT2D eigenvalue weighted by atomic mass is 16.5. The summed E-state index contributed by atoms with van der Waals surface area (Å²) >= 11 is 0. The molecule has 2 rings (SSSR count). The highest BCUT2D eigenvalue weighted by Gasteiger charge is 2.08. The van der Waals surface area contributed by atoms with Gasteiger partial charge in [0.25, 0.3) is 0 Å². The second-order valence-electron chi connectivity index (χ2n) is 4.36. The van der Waals surface area contributed by atoms with Gasteiger partial charge in [0.2, 0.25) is 0 Å². The molecule has 1 N–H and O–H groups in total. The molecule has 0 fully saturated rings. The van der Waals surface area contributed by atoms with Crippen molar-refractivity contribution in [2.24, 2.45) is 0 Å². The highest BCUT2D eigenvalue weighted by molar-refractivity contribution is 5.70. The van der Waals surface area contributed by atoms with Gasteiger partial charge in [-0.3, -0.25) is 0 Å². The molecular formula is C15H17NO2. The van der Waals surface area contributed by atoms with Crippen molar-refractivity contribution in [3.63, 3.8) is 0 Å². The number of phenols is 1. The molecule has 1 aromatic heterocycles. The summed E-state index contributed by atoms with van der Waals surface area (Å²) in [5.41, 5.74) is 1.73. The van der Waals surface area contributed by atoms with Crippen molar-refractivity contribution in [2.45, 2.75) is 26.2 Å². The average Bonchev–Trinajstić information content (AvgIpc) is 2.86. The van der Waals surface area contributed by atoms with Crippen LogP contribution in [0.15, 0.2) is 34.9 Å². The molecule has 1 heterocycles. The first-order valence-electron chi connectivity index (χ1n) is 6.13. The van der Waals surface area contributed by atoms with Crippen LogP contribution in [0.4, 0.5) is 0 Å². The molecule has 1 aromatic carbocycles. The lowest BCUT2D eigenvalue weighted by Gasteiger charge is -1.99. The number of aromatic hydroxyl groups is 1. The van der Waals surface area contributed by atoms with Gasteiger partial charge in [-0.25, -0.2) is 0 Å². The summed E-state index contributed by atoms with van der Waals surface area (Å²) in [5.74, 6) is 1.37. The lowest BCUT2D eigenvalue weighted by Crippen LogP contribution is -1.89. The van der Waals surface area contributed by atoms with E-state index in [0.717, 1.165) is 17.7 Å². The monoisotopic (exact) mass is 243 g/mol. The Morgan fingerprint density at radius 2 is 2.11 bits per heavy atom. The van der Waals surface area contributed by atoms with Crippen LogP contribution in [0.25, 0.3) is 12.2 Å². The van der Waals surface area contributed by atoms with Crippen LogP contribution in [0.3, 0.4) is 0 Å². The van der Waals surface area contributed by atoms with Crippen LogP contribution >= 0.6 is 0 Å². The first-order chi connectivity index (χ1) is 8.70. The van der Waals surface area contributed by atoms with Crippen LogP contribution < -0.4 is 0 Å². The molecule has 0 aliphatic carbocycles. The van der Waals surface area contributed by atoms with E-state index in [0.29, 0.717) is 11.7 Å². The zero-order valence-electron chi connectivity index (χ0n) is 10.6. The van der Waals surface area contributed by atoms with Gasteiger partial charge < -0.3 is 9.63 Å². The van der Waals surface area contributed by atoms with Crippen molar-refractivity contribution in [3.8, 4) is 5.75 Å². The van der Waals surface area contributed by atoms with E-state index in [-0.39, 0.29) is 5.75 Å². The maximum atomic E-state index is 9.62. The summed E-state index contributed by atoms with van der Waals surface area (Å²) in [5, 5.41) is 13.7. The number of hydrogen-bond donors (Lipinski definition) is 1. The van der Waals surface area contributed by atoms with Crippen molar-refractivity contribution < 1.29 is 9.63 Å². The largest absolute Gasteiger partial charge is 0.507 e. The van der Waals surface area contributed by atoms with Crippen LogP contribution in [0.2, 0.25) is 0 Å². The number of rotatable bonds is 4. The van der Waals surface area contributed by atoms with E-state index in [1.165, 1.54) is 0 Å². The third-order valence-electron chi connectivity index (χ3n) is 3.03. The van der Waals surface area contributed by atoms with E-state index in [1.807, 2.05) is 30.4 Å². The van der Waals surface area contributed by atoms with Gasteiger partial charge in [0.05, 0.1) is 5.69 Å². The van der Waals surface area contributed by atoms with Gasteiger partial charge in [-0.2, -0.15) is 0 Å². The SMILES string of the molecule is CCC(C)c1cc(/C=C/c2ccccc2O)on1.